The van der Waals surface area contributed by atoms with E-state index in [1.54, 1.807) is 6.08 Å². The van der Waals surface area contributed by atoms with Gasteiger partial charge in [-0.3, -0.25) is 18.6 Å². The molecule has 0 aliphatic heterocycles. The molecule has 64 heavy (non-hydrogen) atoms. The molecule has 0 spiro atoms. The second kappa shape index (κ2) is 38.8. The van der Waals surface area contributed by atoms with Crippen LogP contribution in [-0.2, 0) is 32.7 Å². The minimum absolute atomic E-state index is 0.0126. The maximum Gasteiger partial charge on any atom is 0.472 e. The topological polar surface area (TPSA) is 230 Å². The van der Waals surface area contributed by atoms with Crippen molar-refractivity contribution in [3.8, 4) is 0 Å². The van der Waals surface area contributed by atoms with Crippen LogP contribution in [0.3, 0.4) is 0 Å². The van der Waals surface area contributed by atoms with Crippen LogP contribution >= 0.6 is 7.82 Å². The number of carbonyl (C=O) groups excluding carboxylic acids is 2. The molecule has 15 heteroatoms. The minimum Gasteiger partial charge on any atom is -0.462 e. The number of ether oxygens (including phenoxy) is 2. The number of esters is 2. The zero-order chi connectivity index (χ0) is 47.3. The second-order valence-electron chi connectivity index (χ2n) is 17.2. The summed E-state index contributed by atoms with van der Waals surface area (Å²) >= 11 is 0. The van der Waals surface area contributed by atoms with Gasteiger partial charge in [0, 0.05) is 12.8 Å². The van der Waals surface area contributed by atoms with Crippen LogP contribution in [0.15, 0.2) is 48.6 Å². The molecule has 0 saturated heterocycles. The molecule has 0 aromatic carbocycles. The first-order valence-corrected chi connectivity index (χ1v) is 26.0. The van der Waals surface area contributed by atoms with Gasteiger partial charge in [0.05, 0.1) is 12.7 Å². The van der Waals surface area contributed by atoms with Crippen molar-refractivity contribution in [2.24, 2.45) is 0 Å². The summed E-state index contributed by atoms with van der Waals surface area (Å²) in [5, 5.41) is 60.3. The molecule has 1 fully saturated rings. The van der Waals surface area contributed by atoms with E-state index < -0.39 is 81.8 Å². The predicted octanol–water partition coefficient (Wildman–Crippen LogP) is 8.92. The molecule has 3 unspecified atom stereocenters. The van der Waals surface area contributed by atoms with Crippen molar-refractivity contribution in [1.29, 1.82) is 0 Å². The van der Waals surface area contributed by atoms with Crippen LogP contribution in [0, 0.1) is 0 Å². The summed E-state index contributed by atoms with van der Waals surface area (Å²) in [5.41, 5.74) is 0. The van der Waals surface area contributed by atoms with Gasteiger partial charge in [-0.1, -0.05) is 178 Å². The Kier molecular flexibility index (Phi) is 36.3. The molecule has 0 bridgehead atoms. The van der Waals surface area contributed by atoms with Gasteiger partial charge in [-0.2, -0.15) is 0 Å². The summed E-state index contributed by atoms with van der Waals surface area (Å²) in [4.78, 5) is 35.7. The summed E-state index contributed by atoms with van der Waals surface area (Å²) in [6, 6.07) is 0. The number of rotatable bonds is 40. The van der Waals surface area contributed by atoms with Gasteiger partial charge in [-0.15, -0.1) is 0 Å². The zero-order valence-corrected chi connectivity index (χ0v) is 40.1. The van der Waals surface area contributed by atoms with Gasteiger partial charge in [0.15, 0.2) is 6.10 Å². The molecule has 372 valence electrons. The summed E-state index contributed by atoms with van der Waals surface area (Å²) in [7, 11) is -5.15. The number of hydrogen-bond acceptors (Lipinski definition) is 13. The number of phosphoric ester groups is 1. The van der Waals surface area contributed by atoms with Crippen molar-refractivity contribution < 1.29 is 68.2 Å². The fourth-order valence-corrected chi connectivity index (χ4v) is 8.22. The molecule has 0 amide bonds. The number of allylic oxidation sites excluding steroid dienone is 6. The molecule has 0 radical (unpaired) electrons. The molecule has 7 N–H and O–H groups in total. The summed E-state index contributed by atoms with van der Waals surface area (Å²) in [6.45, 7) is 3.17. The lowest BCUT2D eigenvalue weighted by molar-refractivity contribution is -0.220. The molecular weight excluding hydrogens is 843 g/mol. The van der Waals surface area contributed by atoms with E-state index in [2.05, 4.69) is 19.9 Å². The molecule has 0 heterocycles. The zero-order valence-electron chi connectivity index (χ0n) is 39.2. The lowest BCUT2D eigenvalue weighted by atomic mass is 9.85. The second-order valence-corrected chi connectivity index (χ2v) is 18.6. The number of aliphatic hydroxyl groups is 6. The predicted molar refractivity (Wildman–Crippen MR) is 250 cm³/mol. The van der Waals surface area contributed by atoms with Crippen LogP contribution in [0.4, 0.5) is 0 Å². The molecule has 9 atom stereocenters. The number of carbonyl (C=O) groups is 2. The Morgan fingerprint density at radius 1 is 0.562 bits per heavy atom. The standard InChI is InChI=1S/C49H87O14P/c1-3-5-7-9-11-12-13-14-15-16-17-18-19-20-24-28-32-36-42(51)60-38-41(39-61-64(58,59)63-49-47(56)45(54)44(53)46(55)48(49)57)62-43(52)37-33-29-25-21-23-27-31-35-40(50)34-30-26-22-10-8-6-4-2/h21-22,25-27,30-31,34,40-41,44-50,53-57H,3-20,23-24,28-29,32-33,35-39H2,1-2H3,(H,58,59)/b25-21+,26-22-,31-27-,34-30-/t40-,41+,44?,45-,46+,47+,48+,49?/m0/s1. The highest BCUT2D eigenvalue weighted by Gasteiger charge is 2.51. The van der Waals surface area contributed by atoms with E-state index in [0.29, 0.717) is 32.1 Å². The Labute approximate surface area is 384 Å². The Bertz CT molecular complexity index is 1320. The van der Waals surface area contributed by atoms with E-state index >= 15 is 0 Å². The maximum atomic E-state index is 12.8. The Morgan fingerprint density at radius 2 is 1.05 bits per heavy atom. The van der Waals surface area contributed by atoms with Crippen molar-refractivity contribution >= 4 is 19.8 Å². The highest BCUT2D eigenvalue weighted by molar-refractivity contribution is 7.47. The van der Waals surface area contributed by atoms with Crippen LogP contribution in [0.25, 0.3) is 0 Å². The summed E-state index contributed by atoms with van der Waals surface area (Å²) < 4.78 is 33.5. The van der Waals surface area contributed by atoms with Gasteiger partial charge in [0.25, 0.3) is 0 Å². The number of unbranched alkanes of at least 4 members (excludes halogenated alkanes) is 20. The van der Waals surface area contributed by atoms with Crippen LogP contribution < -0.4 is 0 Å². The average Bonchev–Trinajstić information content (AvgIpc) is 3.27. The summed E-state index contributed by atoms with van der Waals surface area (Å²) in [5.74, 6) is -1.20. The lowest BCUT2D eigenvalue weighted by Gasteiger charge is -2.41. The molecule has 14 nitrogen and oxygen atoms in total. The first kappa shape index (κ1) is 59.8. The molecule has 0 aromatic rings. The molecule has 1 rings (SSSR count). The maximum absolute atomic E-state index is 12.8. The quantitative estimate of drug-likeness (QED) is 0.0100. The van der Waals surface area contributed by atoms with Crippen molar-refractivity contribution in [3.05, 3.63) is 48.6 Å². The molecule has 0 aromatic heterocycles. The van der Waals surface area contributed by atoms with E-state index in [4.69, 9.17) is 18.5 Å². The first-order valence-electron chi connectivity index (χ1n) is 24.5. The highest BCUT2D eigenvalue weighted by atomic mass is 31.2. The summed E-state index contributed by atoms with van der Waals surface area (Å²) in [6.07, 6.45) is 29.0. The Hall–Kier alpha value is -2.23. The van der Waals surface area contributed by atoms with Crippen LogP contribution in [0.1, 0.15) is 187 Å². The van der Waals surface area contributed by atoms with Gasteiger partial charge in [-0.05, 0) is 44.9 Å². The van der Waals surface area contributed by atoms with Gasteiger partial charge < -0.3 is 45.0 Å². The fraction of sp³-hybridized carbons (Fsp3) is 0.796. The molecular formula is C49H87O14P. The van der Waals surface area contributed by atoms with E-state index in [1.807, 2.05) is 36.5 Å². The van der Waals surface area contributed by atoms with Gasteiger partial charge in [0.2, 0.25) is 0 Å². The lowest BCUT2D eigenvalue weighted by Crippen LogP contribution is -2.64. The van der Waals surface area contributed by atoms with Crippen LogP contribution in [0.5, 0.6) is 0 Å². The molecule has 1 aliphatic rings. The Balaban J connectivity index is 2.49. The van der Waals surface area contributed by atoms with Gasteiger partial charge in [0.1, 0.15) is 43.2 Å². The number of phosphoric acid groups is 1. The normalized spacial score (nSPS) is 22.5. The first-order chi connectivity index (χ1) is 30.8. The molecule has 1 saturated carbocycles. The highest BCUT2D eigenvalue weighted by Crippen LogP contribution is 2.47. The van der Waals surface area contributed by atoms with Crippen molar-refractivity contribution in [1.82, 2.24) is 0 Å². The van der Waals surface area contributed by atoms with Crippen LogP contribution in [0.2, 0.25) is 0 Å². The molecule has 1 aliphatic carbocycles. The van der Waals surface area contributed by atoms with Crippen molar-refractivity contribution in [3.63, 3.8) is 0 Å². The monoisotopic (exact) mass is 931 g/mol. The van der Waals surface area contributed by atoms with Crippen LogP contribution in [-0.4, -0.2) is 110 Å². The third kappa shape index (κ3) is 30.9. The van der Waals surface area contributed by atoms with Gasteiger partial charge >= 0.3 is 19.8 Å². The largest absolute Gasteiger partial charge is 0.472 e. The fourth-order valence-electron chi connectivity index (χ4n) is 7.24. The minimum atomic E-state index is -5.15. The van der Waals surface area contributed by atoms with Crippen molar-refractivity contribution in [2.75, 3.05) is 13.2 Å². The average molecular weight is 931 g/mol. The number of hydrogen-bond donors (Lipinski definition) is 7. The van der Waals surface area contributed by atoms with E-state index in [0.717, 1.165) is 25.7 Å². The third-order valence-corrected chi connectivity index (χ3v) is 12.2. The third-order valence-electron chi connectivity index (χ3n) is 11.3. The van der Waals surface area contributed by atoms with Crippen molar-refractivity contribution in [2.45, 2.75) is 236 Å². The van der Waals surface area contributed by atoms with E-state index in [-0.39, 0.29) is 12.8 Å². The Morgan fingerprint density at radius 3 is 1.62 bits per heavy atom. The SMILES string of the molecule is CCCCC/C=C\C=C/[C@H](O)C/C=C\C/C=C/CCCC(=O)O[C@H](COC(=O)CCCCCCCCCCCCCCCCCCC)COP(=O)(O)OC1[C@H](O)[C@H](O)C(O)[C@H](O)[C@H]1O. The van der Waals surface area contributed by atoms with E-state index in [1.165, 1.54) is 103 Å². The van der Waals surface area contributed by atoms with E-state index in [9.17, 15) is 49.7 Å². The van der Waals surface area contributed by atoms with Gasteiger partial charge in [-0.25, -0.2) is 4.57 Å². The number of aliphatic hydroxyl groups excluding tert-OH is 6. The smallest absolute Gasteiger partial charge is 0.462 e.